The minimum atomic E-state index is -3.54. The van der Waals surface area contributed by atoms with Gasteiger partial charge < -0.3 is 14.5 Å². The standard InChI is InChI=1S/C28H46N6O4S/c1-4-33(5-2)20-13-21-39(36,37)32-25(19-18-23-14-9-7-10-15-23)27-29-26(30-31-27)22-34(6-3)28(35)38-24-16-11-8-12-17-24/h7,9-10,14-15,24-25,32H,4-6,8,11-13,16-22H2,1-3H3,(H,29,30,31)/t25-/m1/s1. The number of hydrogen-bond donors (Lipinski definition) is 2. The molecule has 1 atom stereocenters. The van der Waals surface area contributed by atoms with Gasteiger partial charge in [0.05, 0.1) is 18.3 Å². The van der Waals surface area contributed by atoms with E-state index in [1.165, 1.54) is 6.42 Å². The van der Waals surface area contributed by atoms with E-state index in [1.54, 1.807) is 4.90 Å². The highest BCUT2D eigenvalue weighted by atomic mass is 32.2. The molecule has 1 aliphatic carbocycles. The Bertz CT molecular complexity index is 1080. The molecule has 0 saturated heterocycles. The van der Waals surface area contributed by atoms with E-state index < -0.39 is 16.1 Å². The van der Waals surface area contributed by atoms with Crippen LogP contribution in [0.3, 0.4) is 0 Å². The lowest BCUT2D eigenvalue weighted by Gasteiger charge is -2.26. The number of carbonyl (C=O) groups is 1. The van der Waals surface area contributed by atoms with Crippen molar-refractivity contribution in [3.63, 3.8) is 0 Å². The van der Waals surface area contributed by atoms with Crippen molar-refractivity contribution in [1.29, 1.82) is 0 Å². The number of aromatic nitrogens is 3. The Morgan fingerprint density at radius 1 is 1.10 bits per heavy atom. The Hall–Kier alpha value is -2.50. The van der Waals surface area contributed by atoms with Crippen molar-refractivity contribution >= 4 is 16.1 Å². The number of hydrogen-bond acceptors (Lipinski definition) is 7. The summed E-state index contributed by atoms with van der Waals surface area (Å²) in [5.41, 5.74) is 1.12. The maximum Gasteiger partial charge on any atom is 0.410 e. The highest BCUT2D eigenvalue weighted by molar-refractivity contribution is 7.89. The molecule has 1 heterocycles. The molecular weight excluding hydrogens is 516 g/mol. The van der Waals surface area contributed by atoms with E-state index in [0.717, 1.165) is 50.9 Å². The van der Waals surface area contributed by atoms with Gasteiger partial charge in [0.25, 0.3) is 0 Å². The van der Waals surface area contributed by atoms with Crippen molar-refractivity contribution in [3.8, 4) is 0 Å². The molecule has 3 rings (SSSR count). The largest absolute Gasteiger partial charge is 0.446 e. The summed E-state index contributed by atoms with van der Waals surface area (Å²) >= 11 is 0. The van der Waals surface area contributed by atoms with Gasteiger partial charge >= 0.3 is 6.09 Å². The topological polar surface area (TPSA) is 121 Å². The number of amides is 1. The first kappa shape index (κ1) is 31.0. The molecule has 1 fully saturated rings. The molecule has 11 heteroatoms. The van der Waals surface area contributed by atoms with Crippen molar-refractivity contribution in [2.24, 2.45) is 0 Å². The fourth-order valence-electron chi connectivity index (χ4n) is 4.91. The molecule has 0 aliphatic heterocycles. The van der Waals surface area contributed by atoms with Crippen LogP contribution in [0.4, 0.5) is 4.79 Å². The summed E-state index contributed by atoms with van der Waals surface area (Å²) in [6.45, 7) is 9.23. The van der Waals surface area contributed by atoms with E-state index in [0.29, 0.717) is 37.5 Å². The SMILES string of the molecule is CCN(CC)CCCS(=O)(=O)N[C@H](CCc1ccccc1)c1nc(CN(CC)C(=O)OC2CCCCC2)n[nH]1. The first-order valence-corrected chi connectivity index (χ1v) is 16.1. The van der Waals surface area contributed by atoms with E-state index in [2.05, 4.69) is 38.7 Å². The van der Waals surface area contributed by atoms with Gasteiger partial charge in [-0.15, -0.1) is 0 Å². The second kappa shape index (κ2) is 15.9. The van der Waals surface area contributed by atoms with E-state index in [-0.39, 0.29) is 24.5 Å². The zero-order valence-corrected chi connectivity index (χ0v) is 24.6. The Labute approximate surface area is 234 Å². The molecule has 1 aromatic heterocycles. The number of nitrogens with zero attached hydrogens (tertiary/aromatic N) is 4. The Morgan fingerprint density at radius 3 is 2.49 bits per heavy atom. The number of carbonyl (C=O) groups excluding carboxylic acids is 1. The average Bonchev–Trinajstić information content (AvgIpc) is 3.41. The normalized spacial score (nSPS) is 15.4. The summed E-state index contributed by atoms with van der Waals surface area (Å²) in [5, 5.41) is 7.25. The zero-order chi connectivity index (χ0) is 28.1. The van der Waals surface area contributed by atoms with Gasteiger partial charge in [0, 0.05) is 6.54 Å². The second-order valence-electron chi connectivity index (χ2n) is 10.2. The number of H-pyrrole nitrogens is 1. The van der Waals surface area contributed by atoms with Crippen LogP contribution in [0.5, 0.6) is 0 Å². The van der Waals surface area contributed by atoms with Crippen LogP contribution in [0, 0.1) is 0 Å². The summed E-state index contributed by atoms with van der Waals surface area (Å²) in [5.74, 6) is 0.922. The molecule has 39 heavy (non-hydrogen) atoms. The first-order chi connectivity index (χ1) is 18.8. The molecule has 1 amide bonds. The van der Waals surface area contributed by atoms with Crippen molar-refractivity contribution in [2.75, 3.05) is 31.9 Å². The number of aromatic amines is 1. The Balaban J connectivity index is 1.66. The molecule has 0 spiro atoms. The fourth-order valence-corrected chi connectivity index (χ4v) is 6.20. The van der Waals surface area contributed by atoms with Gasteiger partial charge in [-0.2, -0.15) is 5.10 Å². The van der Waals surface area contributed by atoms with E-state index in [4.69, 9.17) is 4.74 Å². The van der Waals surface area contributed by atoms with Gasteiger partial charge in [-0.05, 0) is 77.1 Å². The minimum Gasteiger partial charge on any atom is -0.446 e. The van der Waals surface area contributed by atoms with Gasteiger partial charge in [0.1, 0.15) is 11.9 Å². The molecule has 1 aromatic carbocycles. The third kappa shape index (κ3) is 10.5. The molecule has 2 N–H and O–H groups in total. The van der Waals surface area contributed by atoms with Gasteiger partial charge in [-0.25, -0.2) is 22.9 Å². The highest BCUT2D eigenvalue weighted by Gasteiger charge is 2.25. The summed E-state index contributed by atoms with van der Waals surface area (Å²) in [6, 6.07) is 9.40. The van der Waals surface area contributed by atoms with Crippen LogP contribution in [0.2, 0.25) is 0 Å². The Morgan fingerprint density at radius 2 is 1.82 bits per heavy atom. The van der Waals surface area contributed by atoms with Crippen LogP contribution < -0.4 is 4.72 Å². The molecule has 10 nitrogen and oxygen atoms in total. The van der Waals surface area contributed by atoms with Crippen LogP contribution in [0.25, 0.3) is 0 Å². The lowest BCUT2D eigenvalue weighted by molar-refractivity contribution is 0.0447. The number of sulfonamides is 1. The molecule has 218 valence electrons. The number of benzene rings is 1. The Kier molecular flexibility index (Phi) is 12.7. The maximum absolute atomic E-state index is 13.0. The summed E-state index contributed by atoms with van der Waals surface area (Å²) in [7, 11) is -3.54. The predicted octanol–water partition coefficient (Wildman–Crippen LogP) is 4.42. The van der Waals surface area contributed by atoms with E-state index in [1.807, 2.05) is 37.3 Å². The van der Waals surface area contributed by atoms with Gasteiger partial charge in [0.2, 0.25) is 10.0 Å². The quantitative estimate of drug-likeness (QED) is 0.311. The molecule has 2 aromatic rings. The molecule has 1 aliphatic rings. The number of aryl methyl sites for hydroxylation is 1. The molecular formula is C28H46N6O4S. The number of rotatable bonds is 16. The first-order valence-electron chi connectivity index (χ1n) is 14.5. The molecule has 0 unspecified atom stereocenters. The summed E-state index contributed by atoms with van der Waals surface area (Å²) in [6.07, 6.45) is 6.56. The van der Waals surface area contributed by atoms with Crippen molar-refractivity contribution in [2.45, 2.75) is 90.8 Å². The smallest absolute Gasteiger partial charge is 0.410 e. The lowest BCUT2D eigenvalue weighted by Crippen LogP contribution is -2.35. The van der Waals surface area contributed by atoms with Gasteiger partial charge in [-0.3, -0.25) is 5.10 Å². The van der Waals surface area contributed by atoms with Crippen molar-refractivity contribution in [3.05, 3.63) is 47.5 Å². The van der Waals surface area contributed by atoms with Crippen LogP contribution in [-0.2, 0) is 27.7 Å². The van der Waals surface area contributed by atoms with Crippen LogP contribution in [0.1, 0.15) is 89.0 Å². The third-order valence-electron chi connectivity index (χ3n) is 7.34. The number of ether oxygens (including phenoxy) is 1. The lowest BCUT2D eigenvalue weighted by atomic mass is 9.98. The molecule has 1 saturated carbocycles. The summed E-state index contributed by atoms with van der Waals surface area (Å²) in [4.78, 5) is 21.2. The van der Waals surface area contributed by atoms with Crippen molar-refractivity contribution in [1.82, 2.24) is 29.7 Å². The van der Waals surface area contributed by atoms with Crippen molar-refractivity contribution < 1.29 is 17.9 Å². The maximum atomic E-state index is 13.0. The van der Waals surface area contributed by atoms with E-state index >= 15 is 0 Å². The van der Waals surface area contributed by atoms with Crippen LogP contribution >= 0.6 is 0 Å². The number of nitrogens with one attached hydrogen (secondary N) is 2. The van der Waals surface area contributed by atoms with Crippen LogP contribution in [-0.4, -0.2) is 77.5 Å². The van der Waals surface area contributed by atoms with Gasteiger partial charge in [0.15, 0.2) is 5.82 Å². The summed E-state index contributed by atoms with van der Waals surface area (Å²) < 4.78 is 34.6. The highest BCUT2D eigenvalue weighted by Crippen LogP contribution is 2.22. The predicted molar refractivity (Wildman–Crippen MR) is 153 cm³/mol. The molecule has 0 bridgehead atoms. The molecule has 0 radical (unpaired) electrons. The monoisotopic (exact) mass is 562 g/mol. The second-order valence-corrected chi connectivity index (χ2v) is 12.1. The van der Waals surface area contributed by atoms with E-state index in [9.17, 15) is 13.2 Å². The average molecular weight is 563 g/mol. The minimum absolute atomic E-state index is 0.0264. The van der Waals surface area contributed by atoms with Crippen LogP contribution in [0.15, 0.2) is 30.3 Å². The van der Waals surface area contributed by atoms with Gasteiger partial charge in [-0.1, -0.05) is 50.6 Å². The third-order valence-corrected chi connectivity index (χ3v) is 8.81. The zero-order valence-electron chi connectivity index (χ0n) is 23.8. The fraction of sp³-hybridized carbons (Fsp3) is 0.679.